The molecule has 1 aromatic heterocycles. The first kappa shape index (κ1) is 10.4. The van der Waals surface area contributed by atoms with Gasteiger partial charge in [0.25, 0.3) is 0 Å². The summed E-state index contributed by atoms with van der Waals surface area (Å²) in [4.78, 5) is 0. The van der Waals surface area contributed by atoms with Crippen LogP contribution in [-0.4, -0.2) is 17.2 Å². The first-order chi connectivity index (χ1) is 8.16. The molecular weight excluding hydrogens is 215 g/mol. The quantitative estimate of drug-likeness (QED) is 0.619. The Labute approximate surface area is 98.4 Å². The molecule has 0 saturated carbocycles. The van der Waals surface area contributed by atoms with E-state index >= 15 is 0 Å². The van der Waals surface area contributed by atoms with Gasteiger partial charge in [0.2, 0.25) is 0 Å². The first-order valence-corrected chi connectivity index (χ1v) is 5.45. The fourth-order valence-corrected chi connectivity index (χ4v) is 2.20. The summed E-state index contributed by atoms with van der Waals surface area (Å²) in [5.74, 6) is 0. The fourth-order valence-electron chi connectivity index (χ4n) is 2.20. The molecule has 0 spiro atoms. The van der Waals surface area contributed by atoms with Gasteiger partial charge in [-0.15, -0.1) is 0 Å². The molecule has 3 aromatic rings. The van der Waals surface area contributed by atoms with Crippen LogP contribution in [0.3, 0.4) is 0 Å². The van der Waals surface area contributed by atoms with Crippen molar-refractivity contribution in [3.63, 3.8) is 0 Å². The lowest BCUT2D eigenvalue weighted by Crippen LogP contribution is -2.30. The highest BCUT2D eigenvalue weighted by molar-refractivity contribution is 6.61. The predicted molar refractivity (Wildman–Crippen MR) is 68.3 cm³/mol. The van der Waals surface area contributed by atoms with E-state index in [1.54, 1.807) is 6.07 Å². The second kappa shape index (κ2) is 3.62. The molecule has 17 heavy (non-hydrogen) atoms. The molecule has 4 heteroatoms. The van der Waals surface area contributed by atoms with Crippen molar-refractivity contribution in [1.29, 1.82) is 0 Å². The highest BCUT2D eigenvalue weighted by Crippen LogP contribution is 2.28. The highest BCUT2D eigenvalue weighted by atomic mass is 16.4. The minimum absolute atomic E-state index is 0.413. The molecule has 0 unspecified atom stereocenters. The van der Waals surface area contributed by atoms with Gasteiger partial charge in [-0.05, 0) is 19.1 Å². The normalized spacial score (nSPS) is 11.2. The van der Waals surface area contributed by atoms with Crippen LogP contribution in [0, 0.1) is 6.92 Å². The molecule has 0 saturated heterocycles. The Morgan fingerprint density at radius 3 is 2.59 bits per heavy atom. The number of para-hydroxylation sites is 1. The molecule has 1 heterocycles. The maximum Gasteiger partial charge on any atom is 0.492 e. The number of fused-ring (bicyclic) bond motifs is 3. The second-order valence-corrected chi connectivity index (χ2v) is 4.20. The Morgan fingerprint density at radius 2 is 1.82 bits per heavy atom. The van der Waals surface area contributed by atoms with Crippen LogP contribution in [0.2, 0.25) is 0 Å². The molecular formula is C13H11BO3. The van der Waals surface area contributed by atoms with Gasteiger partial charge in [0.15, 0.2) is 0 Å². The van der Waals surface area contributed by atoms with Gasteiger partial charge in [0, 0.05) is 16.2 Å². The summed E-state index contributed by atoms with van der Waals surface area (Å²) in [6.07, 6.45) is 0. The van der Waals surface area contributed by atoms with Crippen LogP contribution in [0.25, 0.3) is 21.9 Å². The van der Waals surface area contributed by atoms with Gasteiger partial charge in [0.05, 0.1) is 0 Å². The van der Waals surface area contributed by atoms with Gasteiger partial charge in [-0.2, -0.15) is 0 Å². The minimum atomic E-state index is -1.52. The largest absolute Gasteiger partial charge is 0.492 e. The Hall–Kier alpha value is -1.78. The molecule has 0 radical (unpaired) electrons. The highest BCUT2D eigenvalue weighted by Gasteiger charge is 2.19. The Morgan fingerprint density at radius 1 is 1.06 bits per heavy atom. The van der Waals surface area contributed by atoms with Crippen LogP contribution in [0.15, 0.2) is 40.8 Å². The summed E-state index contributed by atoms with van der Waals surface area (Å²) >= 11 is 0. The lowest BCUT2D eigenvalue weighted by Gasteiger charge is -2.02. The molecule has 84 valence electrons. The van der Waals surface area contributed by atoms with Crippen LogP contribution in [0.4, 0.5) is 0 Å². The van der Waals surface area contributed by atoms with Gasteiger partial charge in [-0.1, -0.05) is 29.8 Å². The number of aryl methyl sites for hydroxylation is 1. The summed E-state index contributed by atoms with van der Waals surface area (Å²) in [6, 6.07) is 11.4. The number of hydrogen-bond donors (Lipinski definition) is 2. The Kier molecular flexibility index (Phi) is 2.21. The number of benzene rings is 2. The monoisotopic (exact) mass is 226 g/mol. The van der Waals surface area contributed by atoms with E-state index in [4.69, 9.17) is 4.42 Å². The van der Waals surface area contributed by atoms with E-state index in [-0.39, 0.29) is 0 Å². The molecule has 2 N–H and O–H groups in total. The average molecular weight is 226 g/mol. The third kappa shape index (κ3) is 1.53. The summed E-state index contributed by atoms with van der Waals surface area (Å²) in [6.45, 7) is 1.92. The van der Waals surface area contributed by atoms with Crippen LogP contribution in [0.1, 0.15) is 5.56 Å². The third-order valence-electron chi connectivity index (χ3n) is 2.93. The zero-order valence-electron chi connectivity index (χ0n) is 9.34. The third-order valence-corrected chi connectivity index (χ3v) is 2.93. The zero-order valence-corrected chi connectivity index (χ0v) is 9.34. The zero-order chi connectivity index (χ0) is 12.0. The van der Waals surface area contributed by atoms with Crippen LogP contribution in [-0.2, 0) is 0 Å². The predicted octanol–water partition coefficient (Wildman–Crippen LogP) is 1.57. The first-order valence-electron chi connectivity index (χ1n) is 5.45. The molecule has 0 atom stereocenters. The van der Waals surface area contributed by atoms with Crippen molar-refractivity contribution in [2.45, 2.75) is 6.92 Å². The Balaban J connectivity index is 2.51. The van der Waals surface area contributed by atoms with Gasteiger partial charge in [-0.3, -0.25) is 0 Å². The number of rotatable bonds is 1. The van der Waals surface area contributed by atoms with Gasteiger partial charge < -0.3 is 14.5 Å². The summed E-state index contributed by atoms with van der Waals surface area (Å²) in [5, 5.41) is 20.6. The van der Waals surface area contributed by atoms with Gasteiger partial charge >= 0.3 is 7.12 Å². The fraction of sp³-hybridized carbons (Fsp3) is 0.0769. The molecule has 0 aliphatic carbocycles. The van der Waals surface area contributed by atoms with E-state index in [1.807, 2.05) is 37.3 Å². The lowest BCUT2D eigenvalue weighted by molar-refractivity contribution is 0.425. The summed E-state index contributed by atoms with van der Waals surface area (Å²) in [5.41, 5.74) is 2.70. The van der Waals surface area contributed by atoms with Crippen molar-refractivity contribution in [3.05, 3.63) is 42.0 Å². The summed E-state index contributed by atoms with van der Waals surface area (Å²) in [7, 11) is -1.52. The summed E-state index contributed by atoms with van der Waals surface area (Å²) < 4.78 is 5.68. The van der Waals surface area contributed by atoms with Crippen molar-refractivity contribution < 1.29 is 14.5 Å². The van der Waals surface area contributed by atoms with Crippen molar-refractivity contribution in [3.8, 4) is 0 Å². The lowest BCUT2D eigenvalue weighted by atomic mass is 9.78. The van der Waals surface area contributed by atoms with E-state index in [0.717, 1.165) is 21.9 Å². The van der Waals surface area contributed by atoms with E-state index in [0.29, 0.717) is 11.0 Å². The van der Waals surface area contributed by atoms with Crippen molar-refractivity contribution >= 4 is 34.5 Å². The van der Waals surface area contributed by atoms with Gasteiger partial charge in [0.1, 0.15) is 11.2 Å². The molecule has 0 fully saturated rings. The van der Waals surface area contributed by atoms with Crippen LogP contribution >= 0.6 is 0 Å². The smallest absolute Gasteiger partial charge is 0.456 e. The number of furan rings is 1. The minimum Gasteiger partial charge on any atom is -0.456 e. The van der Waals surface area contributed by atoms with Gasteiger partial charge in [-0.25, -0.2) is 0 Å². The second-order valence-electron chi connectivity index (χ2n) is 4.20. The van der Waals surface area contributed by atoms with Crippen molar-refractivity contribution in [2.24, 2.45) is 0 Å². The van der Waals surface area contributed by atoms with Crippen LogP contribution < -0.4 is 5.46 Å². The Bertz CT molecular complexity index is 700. The van der Waals surface area contributed by atoms with Crippen LogP contribution in [0.5, 0.6) is 0 Å². The van der Waals surface area contributed by atoms with Crippen molar-refractivity contribution in [2.75, 3.05) is 0 Å². The molecule has 0 bridgehead atoms. The topological polar surface area (TPSA) is 53.6 Å². The van der Waals surface area contributed by atoms with E-state index < -0.39 is 7.12 Å². The van der Waals surface area contributed by atoms with E-state index in [2.05, 4.69) is 0 Å². The average Bonchev–Trinajstić information content (AvgIpc) is 2.66. The molecule has 2 aromatic carbocycles. The number of hydrogen-bond acceptors (Lipinski definition) is 3. The molecule has 0 amide bonds. The van der Waals surface area contributed by atoms with E-state index in [9.17, 15) is 10.0 Å². The SMILES string of the molecule is Cc1cc(B(O)O)c2oc3ccccc3c2c1. The molecule has 3 nitrogen and oxygen atoms in total. The molecule has 0 aliphatic heterocycles. The maximum absolute atomic E-state index is 9.37. The standard InChI is InChI=1S/C13H11BO3/c1-8-6-10-9-4-2-3-5-12(9)17-13(10)11(7-8)14(15)16/h2-7,15-16H,1H3. The molecule has 3 rings (SSSR count). The maximum atomic E-state index is 9.37. The van der Waals surface area contributed by atoms with Crippen molar-refractivity contribution in [1.82, 2.24) is 0 Å². The molecule has 0 aliphatic rings. The van der Waals surface area contributed by atoms with E-state index in [1.165, 1.54) is 0 Å².